The Balaban J connectivity index is 2.23. The predicted octanol–water partition coefficient (Wildman–Crippen LogP) is 1.54. The van der Waals surface area contributed by atoms with Gasteiger partial charge < -0.3 is 9.47 Å². The average Bonchev–Trinajstić information content (AvgIpc) is 1.88. The second kappa shape index (κ2) is 3.40. The first-order valence-electron chi connectivity index (χ1n) is 3.02. The minimum Gasteiger partial charge on any atom is -0.345 e. The molecule has 53 valence electrons. The van der Waals surface area contributed by atoms with E-state index in [0.717, 1.165) is 13.0 Å². The van der Waals surface area contributed by atoms with E-state index in [4.69, 9.17) is 21.1 Å². The van der Waals surface area contributed by atoms with Gasteiger partial charge in [0.15, 0.2) is 0 Å². The van der Waals surface area contributed by atoms with E-state index < -0.39 is 0 Å². The van der Waals surface area contributed by atoms with E-state index in [1.54, 1.807) is 6.92 Å². The van der Waals surface area contributed by atoms with Gasteiger partial charge in [0.1, 0.15) is 0 Å². The topological polar surface area (TPSA) is 18.5 Å². The molecule has 0 amide bonds. The van der Waals surface area contributed by atoms with Crippen LogP contribution < -0.4 is 0 Å². The van der Waals surface area contributed by atoms with Gasteiger partial charge in [-0.3, -0.25) is 0 Å². The summed E-state index contributed by atoms with van der Waals surface area (Å²) in [6, 6.07) is 0. The molecule has 1 aliphatic heterocycles. The van der Waals surface area contributed by atoms with Crippen LogP contribution >= 0.6 is 11.6 Å². The highest BCUT2D eigenvalue weighted by molar-refractivity contribution is 6.18. The Bertz CT molecular complexity index is 87.1. The summed E-state index contributed by atoms with van der Waals surface area (Å²) in [5, 5.41) is 0. The lowest BCUT2D eigenvalue weighted by Gasteiger charge is -2.24. The molecule has 1 heterocycles. The Morgan fingerprint density at radius 2 is 2.56 bits per heavy atom. The van der Waals surface area contributed by atoms with Crippen molar-refractivity contribution in [3.8, 4) is 0 Å². The Kier molecular flexibility index (Phi) is 2.76. The molecular weight excluding hydrogens is 140 g/mol. The fourth-order valence-corrected chi connectivity index (χ4v) is 0.988. The Hall–Kier alpha value is 0.210. The summed E-state index contributed by atoms with van der Waals surface area (Å²) in [6.07, 6.45) is 1.72. The largest absolute Gasteiger partial charge is 0.345 e. The molecule has 0 spiro atoms. The van der Waals surface area contributed by atoms with Crippen molar-refractivity contribution >= 4 is 11.6 Å². The standard InChI is InChI=1S/C6H10ClO2/c1-5-8-3-2-6(4-7)9-5/h6H,2-4H2,1H3. The maximum Gasteiger partial charge on any atom is 0.220 e. The first kappa shape index (κ1) is 7.32. The molecule has 2 nitrogen and oxygen atoms in total. The first-order valence-corrected chi connectivity index (χ1v) is 3.55. The third-order valence-corrected chi connectivity index (χ3v) is 1.59. The molecule has 0 aromatic heterocycles. The summed E-state index contributed by atoms with van der Waals surface area (Å²) < 4.78 is 10.2. The normalized spacial score (nSPS) is 30.7. The third-order valence-electron chi connectivity index (χ3n) is 1.25. The molecule has 0 N–H and O–H groups in total. The number of alkyl halides is 1. The van der Waals surface area contributed by atoms with E-state index in [9.17, 15) is 0 Å². The van der Waals surface area contributed by atoms with Crippen LogP contribution in [0.25, 0.3) is 0 Å². The fraction of sp³-hybridized carbons (Fsp3) is 0.833. The third kappa shape index (κ3) is 2.12. The highest BCUT2D eigenvalue weighted by Crippen LogP contribution is 2.17. The number of ether oxygens (including phenoxy) is 2. The molecule has 1 saturated heterocycles. The zero-order chi connectivity index (χ0) is 6.69. The van der Waals surface area contributed by atoms with E-state index in [-0.39, 0.29) is 6.10 Å². The maximum atomic E-state index is 5.55. The zero-order valence-corrected chi connectivity index (χ0v) is 6.15. The molecule has 0 saturated carbocycles. The van der Waals surface area contributed by atoms with Crippen LogP contribution in [0.2, 0.25) is 0 Å². The molecule has 9 heavy (non-hydrogen) atoms. The van der Waals surface area contributed by atoms with Crippen molar-refractivity contribution in [3.63, 3.8) is 0 Å². The molecule has 3 heteroatoms. The van der Waals surface area contributed by atoms with Crippen LogP contribution in [0.15, 0.2) is 0 Å². The van der Waals surface area contributed by atoms with E-state index >= 15 is 0 Å². The minimum absolute atomic E-state index is 0.167. The SMILES string of the molecule is C[C]1OCCC(CCl)O1. The number of halogens is 1. The number of hydrogen-bond donors (Lipinski definition) is 0. The molecule has 1 aliphatic rings. The van der Waals surface area contributed by atoms with E-state index in [1.807, 2.05) is 0 Å². The monoisotopic (exact) mass is 149 g/mol. The van der Waals surface area contributed by atoms with Crippen LogP contribution in [0.3, 0.4) is 0 Å². The van der Waals surface area contributed by atoms with Crippen molar-refractivity contribution in [1.82, 2.24) is 0 Å². The predicted molar refractivity (Wildman–Crippen MR) is 35.1 cm³/mol. The highest BCUT2D eigenvalue weighted by atomic mass is 35.5. The van der Waals surface area contributed by atoms with Gasteiger partial charge in [0.25, 0.3) is 0 Å². The van der Waals surface area contributed by atoms with Gasteiger partial charge in [-0.2, -0.15) is 0 Å². The van der Waals surface area contributed by atoms with Crippen LogP contribution in [0.5, 0.6) is 0 Å². The second-order valence-corrected chi connectivity index (χ2v) is 2.33. The molecule has 1 rings (SSSR count). The summed E-state index contributed by atoms with van der Waals surface area (Å²) in [5.41, 5.74) is 0. The minimum atomic E-state index is 0.167. The lowest BCUT2D eigenvalue weighted by molar-refractivity contribution is -0.115. The van der Waals surface area contributed by atoms with Crippen LogP contribution in [0.4, 0.5) is 0 Å². The van der Waals surface area contributed by atoms with Gasteiger partial charge in [0, 0.05) is 5.88 Å². The summed E-state index contributed by atoms with van der Waals surface area (Å²) >= 11 is 5.55. The van der Waals surface area contributed by atoms with Crippen molar-refractivity contribution in [2.45, 2.75) is 19.4 Å². The molecule has 0 aromatic carbocycles. The molecule has 0 aromatic rings. The smallest absolute Gasteiger partial charge is 0.220 e. The second-order valence-electron chi connectivity index (χ2n) is 2.02. The van der Waals surface area contributed by atoms with Crippen molar-refractivity contribution in [2.24, 2.45) is 0 Å². The number of rotatable bonds is 1. The van der Waals surface area contributed by atoms with Crippen molar-refractivity contribution < 1.29 is 9.47 Å². The zero-order valence-electron chi connectivity index (χ0n) is 5.39. The summed E-state index contributed by atoms with van der Waals surface area (Å²) in [6.45, 7) is 2.54. The van der Waals surface area contributed by atoms with Crippen molar-refractivity contribution in [1.29, 1.82) is 0 Å². The molecule has 1 atom stereocenters. The van der Waals surface area contributed by atoms with Gasteiger partial charge in [0.05, 0.1) is 12.7 Å². The Labute approximate surface area is 60.1 Å². The van der Waals surface area contributed by atoms with Gasteiger partial charge in [-0.1, -0.05) is 0 Å². The van der Waals surface area contributed by atoms with Gasteiger partial charge in [-0.25, -0.2) is 0 Å². The molecule has 1 radical (unpaired) electrons. The molecule has 1 fully saturated rings. The first-order chi connectivity index (χ1) is 4.33. The van der Waals surface area contributed by atoms with E-state index in [2.05, 4.69) is 0 Å². The van der Waals surface area contributed by atoms with Gasteiger partial charge in [-0.15, -0.1) is 11.6 Å². The summed E-state index contributed by atoms with van der Waals surface area (Å²) in [5.74, 6) is 0.556. The lowest BCUT2D eigenvalue weighted by Crippen LogP contribution is -2.26. The van der Waals surface area contributed by atoms with Crippen molar-refractivity contribution in [2.75, 3.05) is 12.5 Å². The van der Waals surface area contributed by atoms with Crippen LogP contribution in [0, 0.1) is 6.29 Å². The van der Waals surface area contributed by atoms with Crippen molar-refractivity contribution in [3.05, 3.63) is 6.29 Å². The quantitative estimate of drug-likeness (QED) is 0.527. The number of hydrogen-bond acceptors (Lipinski definition) is 2. The van der Waals surface area contributed by atoms with Gasteiger partial charge >= 0.3 is 0 Å². The highest BCUT2D eigenvalue weighted by Gasteiger charge is 2.19. The molecule has 0 bridgehead atoms. The fourth-order valence-electron chi connectivity index (χ4n) is 0.770. The van der Waals surface area contributed by atoms with E-state index in [0.29, 0.717) is 12.2 Å². The van der Waals surface area contributed by atoms with Gasteiger partial charge in [-0.05, 0) is 13.3 Å². The molecular formula is C6H10ClO2. The summed E-state index contributed by atoms with van der Waals surface area (Å²) in [7, 11) is 0. The molecule has 0 aliphatic carbocycles. The average molecular weight is 150 g/mol. The van der Waals surface area contributed by atoms with Crippen LogP contribution in [-0.4, -0.2) is 18.6 Å². The summed E-state index contributed by atoms with van der Waals surface area (Å²) in [4.78, 5) is 0. The lowest BCUT2D eigenvalue weighted by atomic mass is 10.3. The Morgan fingerprint density at radius 1 is 1.78 bits per heavy atom. The van der Waals surface area contributed by atoms with Gasteiger partial charge in [0.2, 0.25) is 6.29 Å². The maximum absolute atomic E-state index is 5.55. The molecule has 1 unspecified atom stereocenters. The van der Waals surface area contributed by atoms with Crippen LogP contribution in [0.1, 0.15) is 13.3 Å². The van der Waals surface area contributed by atoms with Crippen LogP contribution in [-0.2, 0) is 9.47 Å². The van der Waals surface area contributed by atoms with E-state index in [1.165, 1.54) is 0 Å². The Morgan fingerprint density at radius 3 is 3.00 bits per heavy atom.